The predicted octanol–water partition coefficient (Wildman–Crippen LogP) is 1.44. The largest absolute Gasteiger partial charge is 0.396 e. The third kappa shape index (κ3) is 2.41. The number of aryl methyl sites for hydroxylation is 1. The first kappa shape index (κ1) is 9.85. The summed E-state index contributed by atoms with van der Waals surface area (Å²) in [4.78, 5) is 13.4. The lowest BCUT2D eigenvalue weighted by atomic mass is 10.4. The van der Waals surface area contributed by atoms with Crippen LogP contribution in [0.5, 0.6) is 0 Å². The molecule has 0 aromatic carbocycles. The molecule has 0 radical (unpaired) electrons. The van der Waals surface area contributed by atoms with E-state index in [2.05, 4.69) is 20.3 Å². The maximum atomic E-state index is 5.48. The van der Waals surface area contributed by atoms with Gasteiger partial charge in [-0.2, -0.15) is 0 Å². The number of nitrogens with two attached hydrogens (primary N) is 1. The molecule has 3 N–H and O–H groups in total. The van der Waals surface area contributed by atoms with Gasteiger partial charge in [0.1, 0.15) is 0 Å². The molecule has 2 rings (SSSR count). The van der Waals surface area contributed by atoms with Gasteiger partial charge in [0.2, 0.25) is 5.95 Å². The normalized spacial score (nSPS) is 10.2. The van der Waals surface area contributed by atoms with Crippen molar-refractivity contribution in [1.82, 2.24) is 15.0 Å². The van der Waals surface area contributed by atoms with E-state index in [4.69, 9.17) is 5.73 Å². The van der Waals surface area contributed by atoms with Crippen molar-refractivity contribution in [2.24, 2.45) is 0 Å². The summed E-state index contributed by atoms with van der Waals surface area (Å²) in [6.07, 6.45) is 3.16. The fraction of sp³-hybridized carbons (Fsp3) is 0.222. The second-order valence-electron chi connectivity index (χ2n) is 3.05. The number of hydrogen-bond acceptors (Lipinski definition) is 6. The van der Waals surface area contributed by atoms with E-state index in [1.165, 1.54) is 4.88 Å². The van der Waals surface area contributed by atoms with Gasteiger partial charge in [0.25, 0.3) is 0 Å². The van der Waals surface area contributed by atoms with Crippen LogP contribution >= 0.6 is 11.3 Å². The van der Waals surface area contributed by atoms with Crippen molar-refractivity contribution in [3.8, 4) is 0 Å². The van der Waals surface area contributed by atoms with Crippen LogP contribution in [0.3, 0.4) is 0 Å². The van der Waals surface area contributed by atoms with Crippen LogP contribution in [0.4, 0.5) is 11.6 Å². The Kier molecular flexibility index (Phi) is 2.77. The molecular formula is C9H11N5S. The smallest absolute Gasteiger partial charge is 0.223 e. The monoisotopic (exact) mass is 221 g/mol. The van der Waals surface area contributed by atoms with Crippen molar-refractivity contribution >= 4 is 23.0 Å². The number of anilines is 2. The average Bonchev–Trinajstić information content (AvgIpc) is 2.63. The summed E-state index contributed by atoms with van der Waals surface area (Å²) >= 11 is 1.62. The third-order valence-corrected chi connectivity index (χ3v) is 2.86. The molecule has 15 heavy (non-hydrogen) atoms. The first-order valence-electron chi connectivity index (χ1n) is 4.46. The van der Waals surface area contributed by atoms with Gasteiger partial charge in [0.05, 0.1) is 35.8 Å². The van der Waals surface area contributed by atoms with Gasteiger partial charge in [0, 0.05) is 4.88 Å². The number of rotatable bonds is 3. The molecule has 0 saturated heterocycles. The average molecular weight is 221 g/mol. The second-order valence-corrected chi connectivity index (χ2v) is 3.99. The highest BCUT2D eigenvalue weighted by atomic mass is 32.1. The van der Waals surface area contributed by atoms with E-state index in [-0.39, 0.29) is 0 Å². The minimum Gasteiger partial charge on any atom is -0.396 e. The third-order valence-electron chi connectivity index (χ3n) is 1.92. The van der Waals surface area contributed by atoms with Crippen molar-refractivity contribution in [3.63, 3.8) is 0 Å². The Balaban J connectivity index is 1.99. The molecule has 0 spiro atoms. The van der Waals surface area contributed by atoms with E-state index in [1.54, 1.807) is 23.7 Å². The maximum Gasteiger partial charge on any atom is 0.223 e. The van der Waals surface area contributed by atoms with Crippen molar-refractivity contribution in [3.05, 3.63) is 28.5 Å². The molecule has 0 aliphatic heterocycles. The fourth-order valence-electron chi connectivity index (χ4n) is 1.08. The zero-order valence-electron chi connectivity index (χ0n) is 8.27. The Morgan fingerprint density at radius 2 is 2.07 bits per heavy atom. The lowest BCUT2D eigenvalue weighted by Gasteiger charge is -2.02. The van der Waals surface area contributed by atoms with Gasteiger partial charge in [-0.3, -0.25) is 0 Å². The minimum atomic E-state index is 0.564. The van der Waals surface area contributed by atoms with Crippen LogP contribution in [0.2, 0.25) is 0 Å². The first-order valence-corrected chi connectivity index (χ1v) is 5.34. The van der Waals surface area contributed by atoms with Gasteiger partial charge in [-0.1, -0.05) is 0 Å². The molecule has 2 aromatic rings. The number of thiazole rings is 1. The van der Waals surface area contributed by atoms with E-state index in [9.17, 15) is 0 Å². The SMILES string of the molecule is Cc1ncsc1CNc1ncc(N)cn1. The number of hydrogen-bond donors (Lipinski definition) is 2. The lowest BCUT2D eigenvalue weighted by Crippen LogP contribution is -2.03. The highest BCUT2D eigenvalue weighted by Crippen LogP contribution is 2.13. The van der Waals surface area contributed by atoms with Crippen molar-refractivity contribution in [1.29, 1.82) is 0 Å². The number of nitrogens with one attached hydrogen (secondary N) is 1. The number of aromatic nitrogens is 3. The molecule has 0 bridgehead atoms. The minimum absolute atomic E-state index is 0.564. The molecule has 5 nitrogen and oxygen atoms in total. The Morgan fingerprint density at radius 1 is 1.33 bits per heavy atom. The zero-order valence-corrected chi connectivity index (χ0v) is 9.08. The van der Waals surface area contributed by atoms with Gasteiger partial charge in [0.15, 0.2) is 0 Å². The second kappa shape index (κ2) is 4.22. The topological polar surface area (TPSA) is 76.7 Å². The summed E-state index contributed by atoms with van der Waals surface area (Å²) in [5.41, 5.74) is 8.92. The van der Waals surface area contributed by atoms with Crippen molar-refractivity contribution in [2.45, 2.75) is 13.5 Å². The number of nitrogens with zero attached hydrogens (tertiary/aromatic N) is 3. The summed E-state index contributed by atoms with van der Waals surface area (Å²) < 4.78 is 0. The fourth-order valence-corrected chi connectivity index (χ4v) is 1.80. The van der Waals surface area contributed by atoms with Crippen LogP contribution in [0.25, 0.3) is 0 Å². The van der Waals surface area contributed by atoms with Crippen LogP contribution in [-0.4, -0.2) is 15.0 Å². The Morgan fingerprint density at radius 3 is 2.67 bits per heavy atom. The molecule has 2 aromatic heterocycles. The van der Waals surface area contributed by atoms with Gasteiger partial charge < -0.3 is 11.1 Å². The molecule has 0 fully saturated rings. The highest BCUT2D eigenvalue weighted by Gasteiger charge is 2.01. The molecule has 0 unspecified atom stereocenters. The highest BCUT2D eigenvalue weighted by molar-refractivity contribution is 7.09. The quantitative estimate of drug-likeness (QED) is 0.820. The van der Waals surface area contributed by atoms with E-state index in [0.717, 1.165) is 5.69 Å². The van der Waals surface area contributed by atoms with Gasteiger partial charge in [-0.05, 0) is 6.92 Å². The lowest BCUT2D eigenvalue weighted by molar-refractivity contribution is 1.05. The van der Waals surface area contributed by atoms with Crippen molar-refractivity contribution < 1.29 is 0 Å². The van der Waals surface area contributed by atoms with E-state index in [0.29, 0.717) is 18.2 Å². The molecule has 2 heterocycles. The summed E-state index contributed by atoms with van der Waals surface area (Å²) in [7, 11) is 0. The molecule has 0 amide bonds. The van der Waals surface area contributed by atoms with Crippen molar-refractivity contribution in [2.75, 3.05) is 11.1 Å². The Labute approximate surface area is 91.4 Å². The summed E-state index contributed by atoms with van der Waals surface area (Å²) in [6.45, 7) is 2.68. The maximum absolute atomic E-state index is 5.48. The number of nitrogen functional groups attached to an aromatic ring is 1. The molecule has 0 aliphatic rings. The van der Waals surface area contributed by atoms with Crippen LogP contribution in [0.1, 0.15) is 10.6 Å². The van der Waals surface area contributed by atoms with Gasteiger partial charge >= 0.3 is 0 Å². The van der Waals surface area contributed by atoms with E-state index < -0.39 is 0 Å². The van der Waals surface area contributed by atoms with E-state index in [1.807, 2.05) is 12.4 Å². The zero-order chi connectivity index (χ0) is 10.7. The summed E-state index contributed by atoms with van der Waals surface area (Å²) in [5, 5.41) is 3.11. The Bertz CT molecular complexity index is 436. The predicted molar refractivity (Wildman–Crippen MR) is 60.6 cm³/mol. The standard InChI is InChI=1S/C9H11N5S/c1-6-8(15-5-14-6)4-13-9-11-2-7(10)3-12-9/h2-3,5H,4,10H2,1H3,(H,11,12,13). The molecular weight excluding hydrogens is 210 g/mol. The van der Waals surface area contributed by atoms with Crippen LogP contribution in [0, 0.1) is 6.92 Å². The Hall–Kier alpha value is -1.69. The molecule has 6 heteroatoms. The van der Waals surface area contributed by atoms with Gasteiger partial charge in [-0.15, -0.1) is 11.3 Å². The first-order chi connectivity index (χ1) is 7.25. The van der Waals surface area contributed by atoms with Crippen LogP contribution < -0.4 is 11.1 Å². The molecule has 0 saturated carbocycles. The van der Waals surface area contributed by atoms with Crippen LogP contribution in [-0.2, 0) is 6.54 Å². The molecule has 78 valence electrons. The van der Waals surface area contributed by atoms with Crippen LogP contribution in [0.15, 0.2) is 17.9 Å². The molecule has 0 atom stereocenters. The molecule has 0 aliphatic carbocycles. The van der Waals surface area contributed by atoms with E-state index >= 15 is 0 Å². The van der Waals surface area contributed by atoms with Gasteiger partial charge in [-0.25, -0.2) is 15.0 Å². The summed E-state index contributed by atoms with van der Waals surface area (Å²) in [5.74, 6) is 0.581. The summed E-state index contributed by atoms with van der Waals surface area (Å²) in [6, 6.07) is 0.